The van der Waals surface area contributed by atoms with Gasteiger partial charge in [0.25, 0.3) is 0 Å². The third kappa shape index (κ3) is 3.85. The molecule has 0 bridgehead atoms. The number of thiophene rings is 1. The highest BCUT2D eigenvalue weighted by atomic mass is 32.1. The Balaban J connectivity index is 1.30. The molecule has 4 aromatic heterocycles. The van der Waals surface area contributed by atoms with Crippen LogP contribution in [0, 0.1) is 0 Å². The van der Waals surface area contributed by atoms with Crippen molar-refractivity contribution in [1.29, 1.82) is 0 Å². The Kier molecular flexibility index (Phi) is 5.51. The maximum absolute atomic E-state index is 6.37. The van der Waals surface area contributed by atoms with E-state index in [0.29, 0.717) is 5.95 Å². The quantitative estimate of drug-likeness (QED) is 0.192. The second kappa shape index (κ2) is 10.1. The zero-order valence-corrected chi connectivity index (χ0v) is 26.9. The molecule has 11 aromatic rings. The van der Waals surface area contributed by atoms with Gasteiger partial charge in [0.1, 0.15) is 11.2 Å². The van der Waals surface area contributed by atoms with E-state index < -0.39 is 0 Å². The van der Waals surface area contributed by atoms with Gasteiger partial charge < -0.3 is 4.42 Å². The molecule has 49 heavy (non-hydrogen) atoms. The summed E-state index contributed by atoms with van der Waals surface area (Å²) in [5.41, 5.74) is 9.11. The van der Waals surface area contributed by atoms with Crippen molar-refractivity contribution in [3.63, 3.8) is 0 Å². The van der Waals surface area contributed by atoms with Gasteiger partial charge in [-0.05, 0) is 35.2 Å². The van der Waals surface area contributed by atoms with E-state index in [2.05, 4.69) is 144 Å². The SMILES string of the molecule is c1ccc(-c2nc(-n3c4c(-c5ccc6c(c5)oc5ccccc56)cccc4c4ccc5ccccc5c43)nc3c2sc2ccccc23)cc1. The molecule has 0 saturated carbocycles. The molecule has 0 aliphatic rings. The highest BCUT2D eigenvalue weighted by Crippen LogP contribution is 2.44. The molecule has 0 fully saturated rings. The van der Waals surface area contributed by atoms with E-state index in [-0.39, 0.29) is 0 Å². The molecule has 0 spiro atoms. The van der Waals surface area contributed by atoms with Crippen molar-refractivity contribution in [2.75, 3.05) is 0 Å². The Morgan fingerprint density at radius 2 is 1.20 bits per heavy atom. The van der Waals surface area contributed by atoms with Gasteiger partial charge in [0.15, 0.2) is 0 Å². The van der Waals surface area contributed by atoms with Crippen LogP contribution in [0.2, 0.25) is 0 Å². The Morgan fingerprint density at radius 1 is 0.490 bits per heavy atom. The topological polar surface area (TPSA) is 43.9 Å². The van der Waals surface area contributed by atoms with E-state index in [4.69, 9.17) is 14.4 Å². The van der Waals surface area contributed by atoms with Gasteiger partial charge >= 0.3 is 0 Å². The minimum absolute atomic E-state index is 0.656. The molecule has 0 saturated heterocycles. The van der Waals surface area contributed by atoms with Crippen LogP contribution >= 0.6 is 11.3 Å². The fraction of sp³-hybridized carbons (Fsp3) is 0. The molecule has 7 aromatic carbocycles. The fourth-order valence-electron chi connectivity index (χ4n) is 7.62. The molecule has 0 radical (unpaired) electrons. The summed E-state index contributed by atoms with van der Waals surface area (Å²) in [4.78, 5) is 10.9. The standard InChI is InChI=1S/C44H25N3OS/c1-2-12-27(13-3-1)39-43-40(35-16-7-9-20-38(35)49-43)46-44(45-39)47-41-29-14-5-4-11-26(29)21-24-34(41)33-18-10-17-30(42(33)47)28-22-23-32-31-15-6-8-19-36(31)48-37(32)25-28/h1-25H. The van der Waals surface area contributed by atoms with Crippen LogP contribution in [0.5, 0.6) is 0 Å². The number of benzene rings is 7. The normalized spacial score (nSPS) is 12.1. The lowest BCUT2D eigenvalue weighted by atomic mass is 10.00. The molecule has 4 nitrogen and oxygen atoms in total. The van der Waals surface area contributed by atoms with Crippen molar-refractivity contribution in [2.45, 2.75) is 0 Å². The van der Waals surface area contributed by atoms with E-state index in [1.54, 1.807) is 11.3 Å². The number of hydrogen-bond acceptors (Lipinski definition) is 4. The minimum atomic E-state index is 0.656. The Bertz CT molecular complexity index is 3110. The molecule has 5 heteroatoms. The van der Waals surface area contributed by atoms with Gasteiger partial charge in [0.2, 0.25) is 5.95 Å². The minimum Gasteiger partial charge on any atom is -0.456 e. The van der Waals surface area contributed by atoms with E-state index in [1.807, 2.05) is 12.1 Å². The largest absolute Gasteiger partial charge is 0.456 e. The molecule has 11 rings (SSSR count). The van der Waals surface area contributed by atoms with Crippen LogP contribution in [-0.2, 0) is 0 Å². The summed E-state index contributed by atoms with van der Waals surface area (Å²) in [7, 11) is 0. The lowest BCUT2D eigenvalue weighted by Gasteiger charge is -2.13. The van der Waals surface area contributed by atoms with Crippen LogP contribution in [0.25, 0.3) is 103 Å². The highest BCUT2D eigenvalue weighted by Gasteiger charge is 2.23. The van der Waals surface area contributed by atoms with Crippen molar-refractivity contribution in [1.82, 2.24) is 14.5 Å². The van der Waals surface area contributed by atoms with Crippen LogP contribution in [-0.4, -0.2) is 14.5 Å². The average Bonchev–Trinajstić information content (AvgIpc) is 3.84. The van der Waals surface area contributed by atoms with Crippen LogP contribution in [0.4, 0.5) is 0 Å². The molecular weight excluding hydrogens is 619 g/mol. The summed E-state index contributed by atoms with van der Waals surface area (Å²) < 4.78 is 11.0. The number of nitrogens with zero attached hydrogens (tertiary/aromatic N) is 3. The van der Waals surface area contributed by atoms with Gasteiger partial charge in [-0.25, -0.2) is 9.97 Å². The maximum atomic E-state index is 6.37. The molecule has 0 aliphatic heterocycles. The summed E-state index contributed by atoms with van der Waals surface area (Å²) in [5, 5.41) is 8.04. The van der Waals surface area contributed by atoms with Crippen molar-refractivity contribution >= 4 is 86.2 Å². The zero-order chi connectivity index (χ0) is 32.1. The first-order valence-electron chi connectivity index (χ1n) is 16.4. The first-order valence-corrected chi connectivity index (χ1v) is 17.2. The number of rotatable bonds is 3. The summed E-state index contributed by atoms with van der Waals surface area (Å²) in [5.74, 6) is 0.656. The predicted octanol–water partition coefficient (Wildman–Crippen LogP) is 12.3. The summed E-state index contributed by atoms with van der Waals surface area (Å²) in [6.45, 7) is 0. The van der Waals surface area contributed by atoms with Crippen LogP contribution in [0.3, 0.4) is 0 Å². The lowest BCUT2D eigenvalue weighted by Crippen LogP contribution is -2.04. The second-order valence-corrected chi connectivity index (χ2v) is 13.6. The molecule has 228 valence electrons. The van der Waals surface area contributed by atoms with Crippen molar-refractivity contribution in [2.24, 2.45) is 0 Å². The zero-order valence-electron chi connectivity index (χ0n) is 26.1. The molecule has 0 N–H and O–H groups in total. The first kappa shape index (κ1) is 26.7. The van der Waals surface area contributed by atoms with E-state index >= 15 is 0 Å². The number of para-hydroxylation sites is 2. The Hall–Kier alpha value is -6.30. The molecule has 4 heterocycles. The van der Waals surface area contributed by atoms with Crippen LogP contribution in [0.1, 0.15) is 0 Å². The van der Waals surface area contributed by atoms with Gasteiger partial charge in [-0.1, -0.05) is 127 Å². The average molecular weight is 644 g/mol. The number of fused-ring (bicyclic) bond motifs is 11. The number of furan rings is 1. The van der Waals surface area contributed by atoms with Gasteiger partial charge in [0, 0.05) is 48.1 Å². The molecular formula is C44H25N3OS. The van der Waals surface area contributed by atoms with Gasteiger partial charge in [-0.15, -0.1) is 11.3 Å². The van der Waals surface area contributed by atoms with Gasteiger partial charge in [-0.3, -0.25) is 4.57 Å². The highest BCUT2D eigenvalue weighted by molar-refractivity contribution is 7.26. The van der Waals surface area contributed by atoms with E-state index in [1.165, 1.54) is 15.5 Å². The first-order chi connectivity index (χ1) is 24.3. The third-order valence-corrected chi connectivity index (χ3v) is 11.0. The second-order valence-electron chi connectivity index (χ2n) is 12.5. The van der Waals surface area contributed by atoms with Crippen molar-refractivity contribution in [3.05, 3.63) is 152 Å². The Labute approximate surface area is 284 Å². The number of aromatic nitrogens is 3. The van der Waals surface area contributed by atoms with Crippen molar-refractivity contribution in [3.8, 4) is 28.3 Å². The summed E-state index contributed by atoms with van der Waals surface area (Å²) in [6.07, 6.45) is 0. The predicted molar refractivity (Wildman–Crippen MR) is 205 cm³/mol. The smallest absolute Gasteiger partial charge is 0.235 e. The van der Waals surface area contributed by atoms with E-state index in [0.717, 1.165) is 81.7 Å². The number of hydrogen-bond donors (Lipinski definition) is 0. The van der Waals surface area contributed by atoms with Gasteiger partial charge in [-0.2, -0.15) is 0 Å². The third-order valence-electron chi connectivity index (χ3n) is 9.82. The Morgan fingerprint density at radius 3 is 2.12 bits per heavy atom. The van der Waals surface area contributed by atoms with Crippen molar-refractivity contribution < 1.29 is 4.42 Å². The van der Waals surface area contributed by atoms with E-state index in [9.17, 15) is 0 Å². The summed E-state index contributed by atoms with van der Waals surface area (Å²) >= 11 is 1.76. The molecule has 0 aliphatic carbocycles. The van der Waals surface area contributed by atoms with Crippen LogP contribution in [0.15, 0.2) is 156 Å². The molecule has 0 amide bonds. The van der Waals surface area contributed by atoms with Gasteiger partial charge in [0.05, 0.1) is 26.9 Å². The van der Waals surface area contributed by atoms with Crippen LogP contribution < -0.4 is 0 Å². The molecule has 0 unspecified atom stereocenters. The lowest BCUT2D eigenvalue weighted by molar-refractivity contribution is 0.669. The fourth-order valence-corrected chi connectivity index (χ4v) is 8.78. The maximum Gasteiger partial charge on any atom is 0.235 e. The monoisotopic (exact) mass is 643 g/mol. The molecule has 0 atom stereocenters. The summed E-state index contributed by atoms with van der Waals surface area (Å²) in [6, 6.07) is 53.5.